The van der Waals surface area contributed by atoms with E-state index < -0.39 is 0 Å². The second-order valence-electron chi connectivity index (χ2n) is 3.78. The van der Waals surface area contributed by atoms with Gasteiger partial charge >= 0.3 is 5.69 Å². The van der Waals surface area contributed by atoms with Crippen LogP contribution in [0.1, 0.15) is 13.3 Å². The molecule has 0 amide bonds. The zero-order valence-corrected chi connectivity index (χ0v) is 9.76. The zero-order valence-electron chi connectivity index (χ0n) is 9.76. The van der Waals surface area contributed by atoms with Gasteiger partial charge in [0.25, 0.3) is 0 Å². The minimum Gasteiger partial charge on any atom is -0.355 e. The van der Waals surface area contributed by atoms with Crippen molar-refractivity contribution in [1.29, 1.82) is 0 Å². The predicted molar refractivity (Wildman–Crippen MR) is 65.2 cm³/mol. The molecule has 3 N–H and O–H groups in total. The van der Waals surface area contributed by atoms with Gasteiger partial charge in [0.1, 0.15) is 12.1 Å². The average molecular weight is 236 g/mol. The van der Waals surface area contributed by atoms with E-state index in [4.69, 9.17) is 5.73 Å². The molecule has 7 heteroatoms. The summed E-state index contributed by atoms with van der Waals surface area (Å²) in [6.07, 6.45) is 2.50. The van der Waals surface area contributed by atoms with Crippen LogP contribution in [0.2, 0.25) is 0 Å². The molecule has 0 aliphatic heterocycles. The topological polar surface area (TPSA) is 92.3 Å². The van der Waals surface area contributed by atoms with Crippen molar-refractivity contribution < 1.29 is 0 Å². The predicted octanol–water partition coefficient (Wildman–Crippen LogP) is -0.407. The monoisotopic (exact) mass is 236 g/mol. The first-order valence-corrected chi connectivity index (χ1v) is 5.64. The molecule has 2 aromatic rings. The van der Waals surface area contributed by atoms with E-state index in [2.05, 4.69) is 27.0 Å². The number of hydrogen-bond acceptors (Lipinski definition) is 5. The standard InChI is InChI=1S/C10H16N6O/c1-2-4-15(5-3-11)8-6-9-13-14-10(17)16(9)7-12-8/h6-7H,2-5,11H2,1H3,(H,14,17). The zero-order chi connectivity index (χ0) is 12.3. The highest BCUT2D eigenvalue weighted by atomic mass is 16.1. The maximum Gasteiger partial charge on any atom is 0.348 e. The summed E-state index contributed by atoms with van der Waals surface area (Å²) in [5, 5.41) is 6.29. The summed E-state index contributed by atoms with van der Waals surface area (Å²) in [4.78, 5) is 17.6. The third-order valence-corrected chi connectivity index (χ3v) is 2.51. The number of aromatic nitrogens is 4. The Kier molecular flexibility index (Phi) is 3.38. The molecule has 2 aromatic heterocycles. The van der Waals surface area contributed by atoms with Crippen LogP contribution in [0.4, 0.5) is 5.82 Å². The van der Waals surface area contributed by atoms with Gasteiger partial charge in [-0.05, 0) is 6.42 Å². The van der Waals surface area contributed by atoms with E-state index in [0.29, 0.717) is 12.2 Å². The van der Waals surface area contributed by atoms with Gasteiger partial charge in [-0.25, -0.2) is 19.3 Å². The lowest BCUT2D eigenvalue weighted by molar-refractivity contribution is 0.748. The molecule has 2 rings (SSSR count). The Morgan fingerprint density at radius 1 is 1.53 bits per heavy atom. The summed E-state index contributed by atoms with van der Waals surface area (Å²) in [5.74, 6) is 0.795. The summed E-state index contributed by atoms with van der Waals surface area (Å²) < 4.78 is 1.37. The van der Waals surface area contributed by atoms with Crippen LogP contribution in [0.3, 0.4) is 0 Å². The largest absolute Gasteiger partial charge is 0.355 e. The first-order valence-electron chi connectivity index (χ1n) is 5.64. The molecule has 2 heterocycles. The van der Waals surface area contributed by atoms with E-state index in [0.717, 1.165) is 25.3 Å². The SMILES string of the molecule is CCCN(CCN)c1cc2n[nH]c(=O)n2cn1. The molecule has 0 unspecified atom stereocenters. The van der Waals surface area contributed by atoms with E-state index in [1.54, 1.807) is 6.07 Å². The Bertz CT molecular complexity index is 539. The van der Waals surface area contributed by atoms with Gasteiger partial charge in [-0.15, -0.1) is 0 Å². The van der Waals surface area contributed by atoms with Gasteiger partial charge in [0.15, 0.2) is 5.65 Å². The Morgan fingerprint density at radius 3 is 3.06 bits per heavy atom. The Balaban J connectivity index is 2.36. The van der Waals surface area contributed by atoms with E-state index in [1.165, 1.54) is 10.7 Å². The van der Waals surface area contributed by atoms with Crippen molar-refractivity contribution in [2.24, 2.45) is 5.73 Å². The number of H-pyrrole nitrogens is 1. The number of nitrogens with two attached hydrogens (primary N) is 1. The lowest BCUT2D eigenvalue weighted by atomic mass is 10.4. The van der Waals surface area contributed by atoms with Crippen molar-refractivity contribution in [2.45, 2.75) is 13.3 Å². The molecule has 0 aromatic carbocycles. The summed E-state index contributed by atoms with van der Waals surface area (Å²) in [6.45, 7) is 4.29. The molecular weight excluding hydrogens is 220 g/mol. The molecule has 0 atom stereocenters. The number of anilines is 1. The van der Waals surface area contributed by atoms with Gasteiger partial charge in [-0.1, -0.05) is 6.92 Å². The summed E-state index contributed by atoms with van der Waals surface area (Å²) in [5.41, 5.74) is 5.86. The third kappa shape index (κ3) is 2.28. The quantitative estimate of drug-likeness (QED) is 0.736. The van der Waals surface area contributed by atoms with E-state index in [1.807, 2.05) is 0 Å². The summed E-state index contributed by atoms with van der Waals surface area (Å²) in [6, 6.07) is 1.78. The first-order chi connectivity index (χ1) is 8.26. The van der Waals surface area contributed by atoms with Crippen LogP contribution in [0, 0.1) is 0 Å². The maximum absolute atomic E-state index is 11.3. The van der Waals surface area contributed by atoms with Crippen LogP contribution in [-0.2, 0) is 0 Å². The van der Waals surface area contributed by atoms with Crippen molar-refractivity contribution in [1.82, 2.24) is 19.6 Å². The van der Waals surface area contributed by atoms with Crippen molar-refractivity contribution in [3.8, 4) is 0 Å². The Labute approximate surface area is 98.3 Å². The highest BCUT2D eigenvalue weighted by Gasteiger charge is 2.08. The van der Waals surface area contributed by atoms with Gasteiger partial charge in [-0.2, -0.15) is 5.10 Å². The number of fused-ring (bicyclic) bond motifs is 1. The highest BCUT2D eigenvalue weighted by Crippen LogP contribution is 2.11. The Hall–Kier alpha value is -1.89. The number of hydrogen-bond donors (Lipinski definition) is 2. The molecule has 0 spiro atoms. The maximum atomic E-state index is 11.3. The minimum absolute atomic E-state index is 0.278. The molecule has 0 radical (unpaired) electrons. The third-order valence-electron chi connectivity index (χ3n) is 2.51. The summed E-state index contributed by atoms with van der Waals surface area (Å²) >= 11 is 0. The molecule has 7 nitrogen and oxygen atoms in total. The van der Waals surface area contributed by atoms with Crippen molar-refractivity contribution >= 4 is 11.5 Å². The molecule has 92 valence electrons. The van der Waals surface area contributed by atoms with E-state index >= 15 is 0 Å². The van der Waals surface area contributed by atoms with Crippen molar-refractivity contribution in [2.75, 3.05) is 24.5 Å². The number of nitrogens with zero attached hydrogens (tertiary/aromatic N) is 4. The lowest BCUT2D eigenvalue weighted by Gasteiger charge is -2.21. The normalized spacial score (nSPS) is 10.9. The van der Waals surface area contributed by atoms with E-state index in [-0.39, 0.29) is 5.69 Å². The van der Waals surface area contributed by atoms with Crippen molar-refractivity contribution in [3.05, 3.63) is 22.9 Å². The fourth-order valence-corrected chi connectivity index (χ4v) is 1.74. The average Bonchev–Trinajstić information content (AvgIpc) is 2.70. The molecule has 0 saturated heterocycles. The van der Waals surface area contributed by atoms with Crippen LogP contribution in [0.5, 0.6) is 0 Å². The first kappa shape index (κ1) is 11.6. The van der Waals surface area contributed by atoms with Gasteiger partial charge in [-0.3, -0.25) is 0 Å². The second kappa shape index (κ2) is 4.96. The fourth-order valence-electron chi connectivity index (χ4n) is 1.74. The highest BCUT2D eigenvalue weighted by molar-refractivity contribution is 5.50. The van der Waals surface area contributed by atoms with Gasteiger partial charge in [0, 0.05) is 25.7 Å². The minimum atomic E-state index is -0.278. The molecule has 0 aliphatic rings. The van der Waals surface area contributed by atoms with Gasteiger partial charge in [0.05, 0.1) is 0 Å². The fraction of sp³-hybridized carbons (Fsp3) is 0.500. The smallest absolute Gasteiger partial charge is 0.348 e. The number of nitrogens with one attached hydrogen (secondary N) is 1. The van der Waals surface area contributed by atoms with Crippen LogP contribution in [-0.4, -0.2) is 39.2 Å². The van der Waals surface area contributed by atoms with Gasteiger partial charge in [0.2, 0.25) is 0 Å². The van der Waals surface area contributed by atoms with Gasteiger partial charge < -0.3 is 10.6 Å². The van der Waals surface area contributed by atoms with Crippen LogP contribution in [0.25, 0.3) is 5.65 Å². The summed E-state index contributed by atoms with van der Waals surface area (Å²) in [7, 11) is 0. The molecule has 0 bridgehead atoms. The van der Waals surface area contributed by atoms with Crippen molar-refractivity contribution in [3.63, 3.8) is 0 Å². The molecule has 17 heavy (non-hydrogen) atoms. The molecular formula is C10H16N6O. The molecule has 0 saturated carbocycles. The molecule has 0 aliphatic carbocycles. The number of aromatic amines is 1. The van der Waals surface area contributed by atoms with Crippen LogP contribution in [0.15, 0.2) is 17.2 Å². The molecule has 0 fully saturated rings. The number of rotatable bonds is 5. The lowest BCUT2D eigenvalue weighted by Crippen LogP contribution is -2.31. The van der Waals surface area contributed by atoms with E-state index in [9.17, 15) is 4.79 Å². The van der Waals surface area contributed by atoms with Crippen LogP contribution >= 0.6 is 0 Å². The van der Waals surface area contributed by atoms with Crippen LogP contribution < -0.4 is 16.3 Å². The Morgan fingerprint density at radius 2 is 2.35 bits per heavy atom. The second-order valence-corrected chi connectivity index (χ2v) is 3.78.